The molecule has 0 unspecified atom stereocenters. The van der Waals surface area contributed by atoms with E-state index in [0.29, 0.717) is 17.2 Å². The summed E-state index contributed by atoms with van der Waals surface area (Å²) in [5.41, 5.74) is 1.51. The van der Waals surface area contributed by atoms with Gasteiger partial charge in [-0.25, -0.2) is 0 Å². The minimum atomic E-state index is -0.355. The third kappa shape index (κ3) is 3.06. The quantitative estimate of drug-likeness (QED) is 0.802. The fourth-order valence-electron chi connectivity index (χ4n) is 2.18. The van der Waals surface area contributed by atoms with Crippen molar-refractivity contribution in [1.82, 2.24) is 10.2 Å². The Bertz CT molecular complexity index is 865. The molecule has 6 heteroatoms. The summed E-state index contributed by atoms with van der Waals surface area (Å²) in [7, 11) is 3.10. The molecule has 1 heterocycles. The summed E-state index contributed by atoms with van der Waals surface area (Å²) in [5, 5.41) is 11.6. The van der Waals surface area contributed by atoms with Crippen LogP contribution in [0.4, 0.5) is 5.69 Å². The highest BCUT2D eigenvalue weighted by atomic mass is 16.5. The highest BCUT2D eigenvalue weighted by molar-refractivity contribution is 6.05. The molecule has 0 spiro atoms. The lowest BCUT2D eigenvalue weighted by Gasteiger charge is -2.11. The summed E-state index contributed by atoms with van der Waals surface area (Å²) >= 11 is 0. The van der Waals surface area contributed by atoms with Crippen LogP contribution < -0.4 is 14.8 Å². The van der Waals surface area contributed by atoms with E-state index in [1.165, 1.54) is 7.11 Å². The van der Waals surface area contributed by atoms with Gasteiger partial charge < -0.3 is 14.8 Å². The summed E-state index contributed by atoms with van der Waals surface area (Å²) < 4.78 is 10.4. The SMILES string of the molecule is COc1ccc(NC(=O)c2cc3ccccc3nn2)c(OC)c1. The van der Waals surface area contributed by atoms with Gasteiger partial charge in [0.25, 0.3) is 5.91 Å². The number of methoxy groups -OCH3 is 2. The molecule has 2 aromatic carbocycles. The van der Waals surface area contributed by atoms with Gasteiger partial charge in [-0.05, 0) is 24.3 Å². The molecule has 0 fully saturated rings. The number of carbonyl (C=O) groups is 1. The first-order valence-electron chi connectivity index (χ1n) is 6.97. The zero-order chi connectivity index (χ0) is 16.2. The Labute approximate surface area is 133 Å². The molecule has 0 aliphatic carbocycles. The van der Waals surface area contributed by atoms with Crippen LogP contribution in [0.3, 0.4) is 0 Å². The summed E-state index contributed by atoms with van der Waals surface area (Å²) in [5.74, 6) is 0.795. The van der Waals surface area contributed by atoms with Crippen molar-refractivity contribution in [2.75, 3.05) is 19.5 Å². The largest absolute Gasteiger partial charge is 0.497 e. The van der Waals surface area contributed by atoms with Crippen molar-refractivity contribution in [2.24, 2.45) is 0 Å². The number of aromatic nitrogens is 2. The van der Waals surface area contributed by atoms with Crippen LogP contribution in [-0.2, 0) is 0 Å². The van der Waals surface area contributed by atoms with Gasteiger partial charge >= 0.3 is 0 Å². The third-order valence-corrected chi connectivity index (χ3v) is 3.38. The smallest absolute Gasteiger partial charge is 0.276 e. The number of nitrogens with zero attached hydrogens (tertiary/aromatic N) is 2. The number of nitrogens with one attached hydrogen (secondary N) is 1. The predicted octanol–water partition coefficient (Wildman–Crippen LogP) is 2.90. The monoisotopic (exact) mass is 309 g/mol. The van der Waals surface area contributed by atoms with Gasteiger partial charge in [-0.1, -0.05) is 18.2 Å². The second-order valence-corrected chi connectivity index (χ2v) is 4.81. The molecule has 6 nitrogen and oxygen atoms in total. The molecule has 116 valence electrons. The van der Waals surface area contributed by atoms with Crippen LogP contribution in [0.15, 0.2) is 48.5 Å². The van der Waals surface area contributed by atoms with E-state index in [1.807, 2.05) is 24.3 Å². The lowest BCUT2D eigenvalue weighted by molar-refractivity contribution is 0.102. The standard InChI is InChI=1S/C17H15N3O3/c1-22-12-7-8-14(16(10-12)23-2)18-17(21)15-9-11-5-3-4-6-13(11)19-20-15/h3-10H,1-2H3,(H,18,21). The number of amides is 1. The van der Waals surface area contributed by atoms with E-state index in [2.05, 4.69) is 15.5 Å². The zero-order valence-electron chi connectivity index (χ0n) is 12.7. The molecule has 1 amide bonds. The Hall–Kier alpha value is -3.15. The van der Waals surface area contributed by atoms with Crippen LogP contribution in [0.5, 0.6) is 11.5 Å². The minimum Gasteiger partial charge on any atom is -0.497 e. The Morgan fingerprint density at radius 1 is 1.00 bits per heavy atom. The highest BCUT2D eigenvalue weighted by Crippen LogP contribution is 2.29. The number of rotatable bonds is 4. The van der Waals surface area contributed by atoms with Crippen molar-refractivity contribution >= 4 is 22.5 Å². The van der Waals surface area contributed by atoms with E-state index in [4.69, 9.17) is 9.47 Å². The van der Waals surface area contributed by atoms with Crippen molar-refractivity contribution in [3.63, 3.8) is 0 Å². The second kappa shape index (κ2) is 6.31. The first-order chi connectivity index (χ1) is 11.2. The maximum Gasteiger partial charge on any atom is 0.276 e. The maximum absolute atomic E-state index is 12.4. The van der Waals surface area contributed by atoms with Crippen LogP contribution in [0.2, 0.25) is 0 Å². The van der Waals surface area contributed by atoms with Crippen LogP contribution in [0.25, 0.3) is 10.9 Å². The molecular weight excluding hydrogens is 294 g/mol. The normalized spacial score (nSPS) is 10.3. The molecule has 0 atom stereocenters. The first-order valence-corrected chi connectivity index (χ1v) is 6.97. The van der Waals surface area contributed by atoms with E-state index >= 15 is 0 Å². The Morgan fingerprint density at radius 2 is 1.83 bits per heavy atom. The Morgan fingerprint density at radius 3 is 2.61 bits per heavy atom. The molecule has 0 aliphatic heterocycles. The summed E-state index contributed by atoms with van der Waals surface area (Å²) in [6.07, 6.45) is 0. The molecule has 1 N–H and O–H groups in total. The minimum absolute atomic E-state index is 0.238. The van der Waals surface area contributed by atoms with Gasteiger partial charge in [0.15, 0.2) is 5.69 Å². The van der Waals surface area contributed by atoms with Gasteiger partial charge in [0.2, 0.25) is 0 Å². The summed E-state index contributed by atoms with van der Waals surface area (Å²) in [4.78, 5) is 12.4. The molecular formula is C17H15N3O3. The van der Waals surface area contributed by atoms with Crippen LogP contribution >= 0.6 is 0 Å². The average Bonchev–Trinajstić information content (AvgIpc) is 2.61. The van der Waals surface area contributed by atoms with Gasteiger partial charge in [0, 0.05) is 11.5 Å². The molecule has 3 rings (SSSR count). The lowest BCUT2D eigenvalue weighted by atomic mass is 10.2. The number of fused-ring (bicyclic) bond motifs is 1. The second-order valence-electron chi connectivity index (χ2n) is 4.81. The maximum atomic E-state index is 12.4. The molecule has 0 saturated heterocycles. The van der Waals surface area contributed by atoms with Crippen LogP contribution in [-0.4, -0.2) is 30.3 Å². The van der Waals surface area contributed by atoms with E-state index in [0.717, 1.165) is 10.9 Å². The van der Waals surface area contributed by atoms with Crippen molar-refractivity contribution in [3.8, 4) is 11.5 Å². The van der Waals surface area contributed by atoms with Gasteiger partial charge in [0.1, 0.15) is 11.5 Å². The molecule has 0 saturated carbocycles. The van der Waals surface area contributed by atoms with Crippen LogP contribution in [0.1, 0.15) is 10.5 Å². The lowest BCUT2D eigenvalue weighted by Crippen LogP contribution is -2.15. The number of hydrogen-bond acceptors (Lipinski definition) is 5. The van der Waals surface area contributed by atoms with Crippen molar-refractivity contribution < 1.29 is 14.3 Å². The molecule has 0 radical (unpaired) electrons. The molecule has 0 aliphatic rings. The Balaban J connectivity index is 1.88. The van der Waals surface area contributed by atoms with Gasteiger partial charge in [0.05, 0.1) is 25.4 Å². The fraction of sp³-hybridized carbons (Fsp3) is 0.118. The molecule has 23 heavy (non-hydrogen) atoms. The number of benzene rings is 2. The molecule has 1 aromatic heterocycles. The molecule has 0 bridgehead atoms. The number of ether oxygens (including phenoxy) is 2. The number of carbonyl (C=O) groups excluding carboxylic acids is 1. The van der Waals surface area contributed by atoms with Crippen LogP contribution in [0, 0.1) is 0 Å². The number of hydrogen-bond donors (Lipinski definition) is 1. The van der Waals surface area contributed by atoms with E-state index in [-0.39, 0.29) is 11.6 Å². The topological polar surface area (TPSA) is 73.3 Å². The predicted molar refractivity (Wildman–Crippen MR) is 87.0 cm³/mol. The zero-order valence-corrected chi connectivity index (χ0v) is 12.7. The van der Waals surface area contributed by atoms with Gasteiger partial charge in [-0.15, -0.1) is 10.2 Å². The summed E-state index contributed by atoms with van der Waals surface area (Å²) in [6.45, 7) is 0. The third-order valence-electron chi connectivity index (χ3n) is 3.38. The highest BCUT2D eigenvalue weighted by Gasteiger charge is 2.13. The Kier molecular flexibility index (Phi) is 4.05. The first kappa shape index (κ1) is 14.8. The van der Waals surface area contributed by atoms with Crippen molar-refractivity contribution in [2.45, 2.75) is 0 Å². The summed E-state index contributed by atoms with van der Waals surface area (Å²) in [6, 6.07) is 14.3. The van der Waals surface area contributed by atoms with Crippen molar-refractivity contribution in [3.05, 3.63) is 54.2 Å². The molecule has 3 aromatic rings. The van der Waals surface area contributed by atoms with E-state index in [1.54, 1.807) is 31.4 Å². The fourth-order valence-corrected chi connectivity index (χ4v) is 2.18. The van der Waals surface area contributed by atoms with E-state index in [9.17, 15) is 4.79 Å². The number of anilines is 1. The van der Waals surface area contributed by atoms with E-state index < -0.39 is 0 Å². The van der Waals surface area contributed by atoms with Gasteiger partial charge in [-0.2, -0.15) is 0 Å². The van der Waals surface area contributed by atoms with Gasteiger partial charge in [-0.3, -0.25) is 4.79 Å². The average molecular weight is 309 g/mol. The van der Waals surface area contributed by atoms with Crippen molar-refractivity contribution in [1.29, 1.82) is 0 Å².